The average molecular weight is 520 g/mol. The van der Waals surface area contributed by atoms with E-state index >= 15 is 0 Å². The molecular weight excluding hydrogens is 482 g/mol. The zero-order chi connectivity index (χ0) is 27.1. The van der Waals surface area contributed by atoms with Crippen molar-refractivity contribution in [3.8, 4) is 17.5 Å². The highest BCUT2D eigenvalue weighted by Crippen LogP contribution is 2.60. The Morgan fingerprint density at radius 1 is 1.03 bits per heavy atom. The van der Waals surface area contributed by atoms with Gasteiger partial charge in [-0.25, -0.2) is 0 Å². The second-order valence-corrected chi connectivity index (χ2v) is 12.0. The zero-order valence-corrected chi connectivity index (χ0v) is 23.2. The third-order valence-corrected chi connectivity index (χ3v) is 9.33. The second kappa shape index (κ2) is 10.1. The van der Waals surface area contributed by atoms with Crippen LogP contribution >= 0.6 is 0 Å². The molecule has 7 rings (SSSR count). The summed E-state index contributed by atoms with van der Waals surface area (Å²) in [6, 6.07) is 20.5. The van der Waals surface area contributed by atoms with E-state index < -0.39 is 5.91 Å². The second-order valence-electron chi connectivity index (χ2n) is 12.0. The largest absolute Gasteiger partial charge is 0.494 e. The molecule has 4 aliphatic carbocycles. The summed E-state index contributed by atoms with van der Waals surface area (Å²) >= 11 is 0. The number of amides is 1. The van der Waals surface area contributed by atoms with Gasteiger partial charge in [-0.05, 0) is 142 Å². The molecule has 1 aromatic heterocycles. The van der Waals surface area contributed by atoms with Crippen molar-refractivity contribution < 1.29 is 9.53 Å². The van der Waals surface area contributed by atoms with Crippen LogP contribution < -0.4 is 10.1 Å². The Labute approximate surface area is 231 Å². The predicted octanol–water partition coefficient (Wildman–Crippen LogP) is 7.51. The lowest BCUT2D eigenvalue weighted by Crippen LogP contribution is -2.48. The van der Waals surface area contributed by atoms with Crippen LogP contribution in [0.15, 0.2) is 60.2 Å². The highest BCUT2D eigenvalue weighted by atomic mass is 16.5. The van der Waals surface area contributed by atoms with Gasteiger partial charge in [-0.1, -0.05) is 12.1 Å². The quantitative estimate of drug-likeness (QED) is 0.259. The lowest BCUT2D eigenvalue weighted by molar-refractivity contribution is -0.112. The van der Waals surface area contributed by atoms with Gasteiger partial charge < -0.3 is 14.6 Å². The summed E-state index contributed by atoms with van der Waals surface area (Å²) < 4.78 is 7.68. The number of carbonyl (C=O) groups is 1. The lowest BCUT2D eigenvalue weighted by Gasteiger charge is -2.57. The Morgan fingerprint density at radius 2 is 1.64 bits per heavy atom. The molecule has 4 fully saturated rings. The molecule has 0 radical (unpaired) electrons. The normalized spacial score (nSPS) is 25.4. The van der Waals surface area contributed by atoms with Gasteiger partial charge in [0.15, 0.2) is 0 Å². The van der Waals surface area contributed by atoms with E-state index in [0.29, 0.717) is 17.7 Å². The number of aromatic nitrogens is 1. The van der Waals surface area contributed by atoms with Crippen LogP contribution in [0.3, 0.4) is 0 Å². The fraction of sp³-hybridized carbons (Fsp3) is 0.412. The average Bonchev–Trinajstić information content (AvgIpc) is 3.20. The van der Waals surface area contributed by atoms with Crippen molar-refractivity contribution in [3.63, 3.8) is 0 Å². The van der Waals surface area contributed by atoms with Crippen molar-refractivity contribution in [2.75, 3.05) is 11.9 Å². The molecule has 0 aliphatic heterocycles. The summed E-state index contributed by atoms with van der Waals surface area (Å²) in [5.74, 6) is 3.11. The van der Waals surface area contributed by atoms with Gasteiger partial charge in [-0.3, -0.25) is 4.79 Å². The standard InChI is InChI=1S/C34H37N3O2/c1-4-39-32-11-7-30(8-12-32)36-33(38)28(21-35)17-27-13-22(2)37(23(27)3)31-9-5-29(6-10-31)34-18-24-14-25(19-34)16-26(15-24)20-34/h5-13,17,24-26H,4,14-16,18-20H2,1-3H3,(H,36,38). The summed E-state index contributed by atoms with van der Waals surface area (Å²) in [4.78, 5) is 12.9. The summed E-state index contributed by atoms with van der Waals surface area (Å²) in [5, 5.41) is 12.6. The highest BCUT2D eigenvalue weighted by Gasteiger charge is 2.51. The van der Waals surface area contributed by atoms with Crippen LogP contribution in [0, 0.1) is 42.9 Å². The molecular formula is C34H37N3O2. The van der Waals surface area contributed by atoms with Gasteiger partial charge in [-0.2, -0.15) is 5.26 Å². The van der Waals surface area contributed by atoms with Crippen molar-refractivity contribution in [1.82, 2.24) is 4.57 Å². The minimum Gasteiger partial charge on any atom is -0.494 e. The van der Waals surface area contributed by atoms with E-state index in [9.17, 15) is 10.1 Å². The minimum atomic E-state index is -0.425. The van der Waals surface area contributed by atoms with Crippen LogP contribution in [0.2, 0.25) is 0 Å². The maximum absolute atomic E-state index is 12.9. The van der Waals surface area contributed by atoms with E-state index in [2.05, 4.69) is 47.1 Å². The summed E-state index contributed by atoms with van der Waals surface area (Å²) in [6.07, 6.45) is 10.2. The van der Waals surface area contributed by atoms with Crippen LogP contribution in [0.1, 0.15) is 68.0 Å². The molecule has 0 spiro atoms. The number of carbonyl (C=O) groups excluding carboxylic acids is 1. The van der Waals surface area contributed by atoms with Crippen LogP contribution in [0.4, 0.5) is 5.69 Å². The molecule has 0 saturated heterocycles. The minimum absolute atomic E-state index is 0.0706. The van der Waals surface area contributed by atoms with E-state index in [4.69, 9.17) is 4.74 Å². The smallest absolute Gasteiger partial charge is 0.266 e. The van der Waals surface area contributed by atoms with Crippen molar-refractivity contribution in [2.24, 2.45) is 17.8 Å². The molecule has 0 atom stereocenters. The van der Waals surface area contributed by atoms with Gasteiger partial charge in [0.25, 0.3) is 5.91 Å². The Hall–Kier alpha value is -3.78. The van der Waals surface area contributed by atoms with Gasteiger partial charge >= 0.3 is 0 Å². The number of anilines is 1. The van der Waals surface area contributed by atoms with E-state index in [0.717, 1.165) is 46.1 Å². The number of nitrogens with one attached hydrogen (secondary N) is 1. The Kier molecular flexibility index (Phi) is 6.59. The number of rotatable bonds is 7. The third kappa shape index (κ3) is 4.78. The monoisotopic (exact) mass is 519 g/mol. The zero-order valence-electron chi connectivity index (χ0n) is 23.2. The topological polar surface area (TPSA) is 67.0 Å². The first-order valence-electron chi connectivity index (χ1n) is 14.3. The fourth-order valence-corrected chi connectivity index (χ4v) is 8.06. The van der Waals surface area contributed by atoms with Crippen LogP contribution in [0.5, 0.6) is 5.75 Å². The molecule has 2 aromatic carbocycles. The Bertz CT molecular complexity index is 1420. The summed E-state index contributed by atoms with van der Waals surface area (Å²) in [5.41, 5.74) is 6.68. The maximum atomic E-state index is 12.9. The van der Waals surface area contributed by atoms with Crippen molar-refractivity contribution in [2.45, 2.75) is 64.7 Å². The van der Waals surface area contributed by atoms with Crippen molar-refractivity contribution in [1.29, 1.82) is 5.26 Å². The molecule has 0 unspecified atom stereocenters. The van der Waals surface area contributed by atoms with Gasteiger partial charge in [0.1, 0.15) is 17.4 Å². The van der Waals surface area contributed by atoms with E-state index in [1.54, 1.807) is 30.3 Å². The number of aryl methyl sites for hydroxylation is 1. The molecule has 5 heteroatoms. The number of hydrogen-bond acceptors (Lipinski definition) is 3. The first-order chi connectivity index (χ1) is 18.9. The van der Waals surface area contributed by atoms with Gasteiger partial charge in [0.05, 0.1) is 6.61 Å². The SMILES string of the molecule is CCOc1ccc(NC(=O)C(C#N)=Cc2cc(C)n(-c3ccc(C45CC6CC(CC(C6)C4)C5)cc3)c2C)cc1. The third-order valence-electron chi connectivity index (χ3n) is 9.33. The molecule has 1 heterocycles. The number of nitrogens with zero attached hydrogens (tertiary/aromatic N) is 2. The molecule has 39 heavy (non-hydrogen) atoms. The molecule has 1 N–H and O–H groups in total. The molecule has 4 saturated carbocycles. The van der Waals surface area contributed by atoms with Crippen LogP contribution in [-0.2, 0) is 10.2 Å². The fourth-order valence-electron chi connectivity index (χ4n) is 8.06. The van der Waals surface area contributed by atoms with Gasteiger partial charge in [0, 0.05) is 22.8 Å². The first-order valence-corrected chi connectivity index (χ1v) is 14.3. The van der Waals surface area contributed by atoms with Crippen molar-refractivity contribution >= 4 is 17.7 Å². The van der Waals surface area contributed by atoms with E-state index in [1.807, 2.05) is 19.9 Å². The number of ether oxygens (including phenoxy) is 1. The lowest BCUT2D eigenvalue weighted by atomic mass is 9.48. The van der Waals surface area contributed by atoms with Crippen LogP contribution in [0.25, 0.3) is 11.8 Å². The number of benzene rings is 2. The molecule has 5 nitrogen and oxygen atoms in total. The molecule has 200 valence electrons. The highest BCUT2D eigenvalue weighted by molar-refractivity contribution is 6.09. The summed E-state index contributed by atoms with van der Waals surface area (Å²) in [7, 11) is 0. The molecule has 4 bridgehead atoms. The van der Waals surface area contributed by atoms with E-state index in [-0.39, 0.29) is 5.57 Å². The Morgan fingerprint density at radius 3 is 2.21 bits per heavy atom. The number of nitriles is 1. The Balaban J connectivity index is 1.22. The van der Waals surface area contributed by atoms with Crippen molar-refractivity contribution in [3.05, 3.63) is 82.7 Å². The van der Waals surface area contributed by atoms with Gasteiger partial charge in [-0.15, -0.1) is 0 Å². The maximum Gasteiger partial charge on any atom is 0.266 e. The predicted molar refractivity (Wildman–Crippen MR) is 155 cm³/mol. The summed E-state index contributed by atoms with van der Waals surface area (Å²) in [6.45, 7) is 6.63. The number of hydrogen-bond donors (Lipinski definition) is 1. The van der Waals surface area contributed by atoms with Crippen LogP contribution in [-0.4, -0.2) is 17.1 Å². The van der Waals surface area contributed by atoms with E-state index in [1.165, 1.54) is 44.1 Å². The molecule has 3 aromatic rings. The van der Waals surface area contributed by atoms with Gasteiger partial charge in [0.2, 0.25) is 0 Å². The molecule has 1 amide bonds. The first kappa shape index (κ1) is 25.5. The molecule has 4 aliphatic rings.